The van der Waals surface area contributed by atoms with Gasteiger partial charge in [0.05, 0.1) is 5.57 Å². The Morgan fingerprint density at radius 3 is 2.61 bits per heavy atom. The summed E-state index contributed by atoms with van der Waals surface area (Å²) < 4.78 is 1.83. The van der Waals surface area contributed by atoms with Crippen LogP contribution in [0.2, 0.25) is 0 Å². The smallest absolute Gasteiger partial charge is 0.255 e. The van der Waals surface area contributed by atoms with Gasteiger partial charge in [-0.15, -0.1) is 5.10 Å². The van der Waals surface area contributed by atoms with Gasteiger partial charge in [-0.05, 0) is 54.8 Å². The molecular weight excluding hydrogens is 406 g/mol. The Kier molecular flexibility index (Phi) is 6.13. The number of hydrogen-bond acceptors (Lipinski definition) is 5. The fourth-order valence-corrected chi connectivity index (χ4v) is 4.34. The number of aryl methyl sites for hydroxylation is 2. The van der Waals surface area contributed by atoms with Crippen LogP contribution in [0.5, 0.6) is 0 Å². The van der Waals surface area contributed by atoms with Crippen molar-refractivity contribution in [3.8, 4) is 0 Å². The van der Waals surface area contributed by atoms with E-state index in [-0.39, 0.29) is 11.9 Å². The number of thioether (sulfide) groups is 1. The summed E-state index contributed by atoms with van der Waals surface area (Å²) in [5.74, 6) is 1.39. The van der Waals surface area contributed by atoms with Crippen molar-refractivity contribution in [3.63, 3.8) is 0 Å². The van der Waals surface area contributed by atoms with Crippen LogP contribution in [-0.2, 0) is 11.2 Å². The third-order valence-corrected chi connectivity index (χ3v) is 6.05. The molecule has 0 saturated heterocycles. The van der Waals surface area contributed by atoms with Crippen LogP contribution in [0, 0.1) is 6.92 Å². The van der Waals surface area contributed by atoms with Crippen molar-refractivity contribution < 1.29 is 4.79 Å². The average Bonchev–Trinajstić information content (AvgIpc) is 3.15. The first kappa shape index (κ1) is 21.2. The van der Waals surface area contributed by atoms with Crippen molar-refractivity contribution in [1.29, 1.82) is 0 Å². The maximum atomic E-state index is 13.5. The molecular formula is C24H27N5OS. The highest BCUT2D eigenvalue weighted by atomic mass is 32.2. The highest BCUT2D eigenvalue weighted by molar-refractivity contribution is 7.99. The maximum absolute atomic E-state index is 13.5. The first-order valence-electron chi connectivity index (χ1n) is 10.5. The van der Waals surface area contributed by atoms with Crippen LogP contribution < -0.4 is 10.6 Å². The van der Waals surface area contributed by atoms with E-state index < -0.39 is 0 Å². The Morgan fingerprint density at radius 1 is 1.16 bits per heavy atom. The van der Waals surface area contributed by atoms with Crippen LogP contribution in [0.1, 0.15) is 43.5 Å². The predicted molar refractivity (Wildman–Crippen MR) is 127 cm³/mol. The molecule has 6 nitrogen and oxygen atoms in total. The number of amides is 1. The van der Waals surface area contributed by atoms with E-state index >= 15 is 0 Å². The monoisotopic (exact) mass is 433 g/mol. The number of benzene rings is 2. The van der Waals surface area contributed by atoms with Crippen LogP contribution in [-0.4, -0.2) is 26.4 Å². The number of anilines is 2. The maximum Gasteiger partial charge on any atom is 0.255 e. The zero-order chi connectivity index (χ0) is 22.0. The van der Waals surface area contributed by atoms with Crippen LogP contribution in [0.25, 0.3) is 0 Å². The topological polar surface area (TPSA) is 71.8 Å². The quantitative estimate of drug-likeness (QED) is 0.524. The molecule has 0 fully saturated rings. The summed E-state index contributed by atoms with van der Waals surface area (Å²) in [6.07, 6.45) is 0.966. The van der Waals surface area contributed by atoms with Gasteiger partial charge in [0.1, 0.15) is 6.04 Å². The van der Waals surface area contributed by atoms with E-state index in [1.165, 1.54) is 5.56 Å². The van der Waals surface area contributed by atoms with Gasteiger partial charge in [-0.3, -0.25) is 4.79 Å². The minimum Gasteiger partial charge on any atom is -0.328 e. The van der Waals surface area contributed by atoms with Crippen LogP contribution in [0.3, 0.4) is 0 Å². The molecule has 31 heavy (non-hydrogen) atoms. The van der Waals surface area contributed by atoms with Gasteiger partial charge in [0.25, 0.3) is 5.91 Å². The van der Waals surface area contributed by atoms with Gasteiger partial charge >= 0.3 is 0 Å². The molecule has 0 spiro atoms. The fraction of sp³-hybridized carbons (Fsp3) is 0.292. The standard InChI is InChI=1S/C24H27N5OS/c1-5-17-10-12-18(13-11-17)21-20(22(30)26-19-9-7-8-15(3)14-19)16(4)25-23-27-24(31-6-2)28-29(21)23/h7-14,21H,5-6H2,1-4H3,(H,26,30)(H,25,27,28). The van der Waals surface area contributed by atoms with E-state index in [0.29, 0.717) is 16.7 Å². The number of fused-ring (bicyclic) bond motifs is 1. The lowest BCUT2D eigenvalue weighted by Crippen LogP contribution is -2.31. The van der Waals surface area contributed by atoms with Gasteiger partial charge in [0, 0.05) is 11.4 Å². The fourth-order valence-electron chi connectivity index (χ4n) is 3.78. The van der Waals surface area contributed by atoms with E-state index in [0.717, 1.165) is 34.7 Å². The second-order valence-electron chi connectivity index (χ2n) is 7.58. The Labute approximate surface area is 187 Å². The first-order chi connectivity index (χ1) is 15.0. The molecule has 160 valence electrons. The number of rotatable bonds is 6. The molecule has 1 atom stereocenters. The average molecular weight is 434 g/mol. The predicted octanol–water partition coefficient (Wildman–Crippen LogP) is 5.19. The Bertz CT molecular complexity index is 1130. The van der Waals surface area contributed by atoms with Crippen LogP contribution in [0.15, 0.2) is 65.0 Å². The molecule has 2 aromatic carbocycles. The van der Waals surface area contributed by atoms with Crippen molar-refractivity contribution in [2.45, 2.75) is 45.3 Å². The van der Waals surface area contributed by atoms with Gasteiger partial charge in [-0.2, -0.15) is 4.98 Å². The first-order valence-corrected chi connectivity index (χ1v) is 11.5. The van der Waals surface area contributed by atoms with Gasteiger partial charge in [0.2, 0.25) is 11.1 Å². The molecule has 1 unspecified atom stereocenters. The molecule has 2 N–H and O–H groups in total. The molecule has 1 aliphatic rings. The molecule has 4 rings (SSSR count). The summed E-state index contributed by atoms with van der Waals surface area (Å²) in [6, 6.07) is 15.9. The third-order valence-electron chi connectivity index (χ3n) is 5.33. The molecule has 2 heterocycles. The third kappa shape index (κ3) is 4.37. The Morgan fingerprint density at radius 2 is 1.94 bits per heavy atom. The van der Waals surface area contributed by atoms with E-state index in [1.54, 1.807) is 11.8 Å². The second-order valence-corrected chi connectivity index (χ2v) is 8.81. The highest BCUT2D eigenvalue weighted by Gasteiger charge is 2.34. The largest absolute Gasteiger partial charge is 0.328 e. The summed E-state index contributed by atoms with van der Waals surface area (Å²) >= 11 is 1.59. The van der Waals surface area contributed by atoms with E-state index in [2.05, 4.69) is 53.7 Å². The van der Waals surface area contributed by atoms with Gasteiger partial charge in [-0.1, -0.05) is 62.0 Å². The van der Waals surface area contributed by atoms with Crippen molar-refractivity contribution >= 4 is 29.3 Å². The zero-order valence-corrected chi connectivity index (χ0v) is 19.1. The molecule has 0 saturated carbocycles. The molecule has 7 heteroatoms. The molecule has 0 bridgehead atoms. The minimum atomic E-state index is -0.356. The normalized spacial score (nSPS) is 15.4. The van der Waals surface area contributed by atoms with Gasteiger partial charge < -0.3 is 10.6 Å². The second kappa shape index (κ2) is 8.98. The summed E-state index contributed by atoms with van der Waals surface area (Å²) in [7, 11) is 0. The molecule has 1 aromatic heterocycles. The summed E-state index contributed by atoms with van der Waals surface area (Å²) in [5.41, 5.74) is 5.55. The van der Waals surface area contributed by atoms with E-state index in [4.69, 9.17) is 5.10 Å². The highest BCUT2D eigenvalue weighted by Crippen LogP contribution is 2.36. The SMILES string of the molecule is CCSc1nc2n(n1)C(c1ccc(CC)cc1)C(C(=O)Nc1cccc(C)c1)=C(C)N2. The lowest BCUT2D eigenvalue weighted by Gasteiger charge is -2.28. The number of carbonyl (C=O) groups is 1. The number of hydrogen-bond donors (Lipinski definition) is 2. The Balaban J connectivity index is 1.77. The van der Waals surface area contributed by atoms with E-state index in [9.17, 15) is 4.79 Å². The van der Waals surface area contributed by atoms with Gasteiger partial charge in [-0.25, -0.2) is 4.68 Å². The number of carbonyl (C=O) groups excluding carboxylic acids is 1. The molecule has 0 aliphatic carbocycles. The Hall–Kier alpha value is -3.06. The number of nitrogens with zero attached hydrogens (tertiary/aromatic N) is 3. The lowest BCUT2D eigenvalue weighted by atomic mass is 9.94. The summed E-state index contributed by atoms with van der Waals surface area (Å²) in [4.78, 5) is 18.1. The van der Waals surface area contributed by atoms with E-state index in [1.807, 2.05) is 42.8 Å². The lowest BCUT2D eigenvalue weighted by molar-refractivity contribution is -0.113. The number of allylic oxidation sites excluding steroid dienone is 1. The number of aromatic nitrogens is 3. The van der Waals surface area contributed by atoms with Crippen molar-refractivity contribution in [3.05, 3.63) is 76.5 Å². The van der Waals surface area contributed by atoms with Crippen molar-refractivity contribution in [2.75, 3.05) is 16.4 Å². The van der Waals surface area contributed by atoms with Crippen LogP contribution >= 0.6 is 11.8 Å². The molecule has 1 aliphatic heterocycles. The number of nitrogens with one attached hydrogen (secondary N) is 2. The summed E-state index contributed by atoms with van der Waals surface area (Å²) in [5, 5.41) is 11.8. The van der Waals surface area contributed by atoms with Crippen LogP contribution in [0.4, 0.5) is 11.6 Å². The minimum absolute atomic E-state index is 0.147. The van der Waals surface area contributed by atoms with Crippen molar-refractivity contribution in [1.82, 2.24) is 14.8 Å². The van der Waals surface area contributed by atoms with Crippen molar-refractivity contribution in [2.24, 2.45) is 0 Å². The molecule has 1 amide bonds. The summed E-state index contributed by atoms with van der Waals surface area (Å²) in [6.45, 7) is 8.13. The van der Waals surface area contributed by atoms with Gasteiger partial charge in [0.15, 0.2) is 0 Å². The zero-order valence-electron chi connectivity index (χ0n) is 18.3. The molecule has 0 radical (unpaired) electrons. The molecule has 3 aromatic rings.